The molecule has 182 valence electrons. The first-order valence-electron chi connectivity index (χ1n) is 12.2. The molecule has 0 aliphatic carbocycles. The van der Waals surface area contributed by atoms with E-state index >= 15 is 0 Å². The van der Waals surface area contributed by atoms with E-state index in [1.807, 2.05) is 24.3 Å². The minimum absolute atomic E-state index is 0.0873. The van der Waals surface area contributed by atoms with Gasteiger partial charge in [0.2, 0.25) is 0 Å². The number of halogens is 1. The molecule has 3 aromatic carbocycles. The molecule has 35 heavy (non-hydrogen) atoms. The zero-order chi connectivity index (χ0) is 24.6. The molecule has 0 atom stereocenters. The van der Waals surface area contributed by atoms with Crippen molar-refractivity contribution < 1.29 is 13.9 Å². The number of carbonyl (C=O) groups is 1. The molecule has 0 saturated heterocycles. The number of benzene rings is 3. The molecule has 1 heterocycles. The van der Waals surface area contributed by atoms with E-state index in [2.05, 4.69) is 41.9 Å². The number of carbonyl (C=O) groups excluding carboxylic acids is 1. The summed E-state index contributed by atoms with van der Waals surface area (Å²) in [6.45, 7) is 5.95. The van der Waals surface area contributed by atoms with Crippen LogP contribution in [0, 0.1) is 19.7 Å². The summed E-state index contributed by atoms with van der Waals surface area (Å²) in [5, 5.41) is 2.81. The summed E-state index contributed by atoms with van der Waals surface area (Å²) in [4.78, 5) is 17.0. The lowest BCUT2D eigenvalue weighted by atomic mass is 10.1. The number of rotatable bonds is 11. The Morgan fingerprint density at radius 1 is 0.943 bits per heavy atom. The van der Waals surface area contributed by atoms with E-state index in [4.69, 9.17) is 9.72 Å². The highest BCUT2D eigenvalue weighted by molar-refractivity contribution is 5.94. The number of nitrogens with one attached hydrogen (secondary N) is 1. The van der Waals surface area contributed by atoms with Crippen LogP contribution in [0.3, 0.4) is 0 Å². The fourth-order valence-corrected chi connectivity index (χ4v) is 4.36. The Morgan fingerprint density at radius 2 is 1.69 bits per heavy atom. The summed E-state index contributed by atoms with van der Waals surface area (Å²) in [5.74, 6) is 1.14. The monoisotopic (exact) mass is 473 g/mol. The Kier molecular flexibility index (Phi) is 8.14. The van der Waals surface area contributed by atoms with Crippen LogP contribution >= 0.6 is 0 Å². The van der Waals surface area contributed by atoms with Crippen LogP contribution in [0.15, 0.2) is 66.7 Å². The van der Waals surface area contributed by atoms with Gasteiger partial charge in [-0.1, -0.05) is 48.9 Å². The average Bonchev–Trinajstić information content (AvgIpc) is 3.20. The van der Waals surface area contributed by atoms with Crippen LogP contribution in [0.5, 0.6) is 5.75 Å². The third kappa shape index (κ3) is 6.07. The van der Waals surface area contributed by atoms with E-state index in [0.29, 0.717) is 13.2 Å². The molecular formula is C29H32FN3O2. The van der Waals surface area contributed by atoms with Crippen LogP contribution in [0.4, 0.5) is 4.39 Å². The Labute approximate surface area is 206 Å². The Balaban J connectivity index is 1.30. The van der Waals surface area contributed by atoms with E-state index in [0.717, 1.165) is 66.0 Å². The van der Waals surface area contributed by atoms with E-state index in [1.165, 1.54) is 12.1 Å². The van der Waals surface area contributed by atoms with Gasteiger partial charge >= 0.3 is 0 Å². The number of ether oxygens (including phenoxy) is 1. The third-order valence-corrected chi connectivity index (χ3v) is 6.18. The summed E-state index contributed by atoms with van der Waals surface area (Å²) >= 11 is 0. The van der Waals surface area contributed by atoms with Crippen molar-refractivity contribution in [2.24, 2.45) is 0 Å². The van der Waals surface area contributed by atoms with Crippen molar-refractivity contribution in [1.82, 2.24) is 14.9 Å². The number of aromatic nitrogens is 2. The molecule has 0 spiro atoms. The second-order valence-corrected chi connectivity index (χ2v) is 8.78. The van der Waals surface area contributed by atoms with Crippen molar-refractivity contribution in [1.29, 1.82) is 0 Å². The van der Waals surface area contributed by atoms with Crippen molar-refractivity contribution in [3.05, 3.63) is 95.1 Å². The maximum Gasteiger partial charge on any atom is 0.254 e. The lowest BCUT2D eigenvalue weighted by molar-refractivity contribution is 0.0949. The summed E-state index contributed by atoms with van der Waals surface area (Å²) in [6, 6.07) is 20.4. The fraction of sp³-hybridized carbons (Fsp3) is 0.310. The lowest BCUT2D eigenvalue weighted by Gasteiger charge is -2.14. The summed E-state index contributed by atoms with van der Waals surface area (Å²) in [6.07, 6.45) is 3.58. The SMILES string of the molecule is Cc1cccc(C)c1OCCn1c(CCCCCNC(=O)c2ccccc2F)nc2ccccc21. The molecule has 0 aliphatic heterocycles. The maximum absolute atomic E-state index is 13.7. The van der Waals surface area contributed by atoms with E-state index < -0.39 is 5.82 Å². The van der Waals surface area contributed by atoms with Crippen LogP contribution in [-0.2, 0) is 13.0 Å². The van der Waals surface area contributed by atoms with Crippen LogP contribution in [-0.4, -0.2) is 28.6 Å². The Bertz CT molecular complexity index is 1280. The Hall–Kier alpha value is -3.67. The van der Waals surface area contributed by atoms with Gasteiger partial charge in [0.1, 0.15) is 24.0 Å². The minimum atomic E-state index is -0.495. The standard InChI is InChI=1S/C29H32FN3O2/c1-21-11-10-12-22(2)28(21)35-20-19-33-26-16-8-7-15-25(26)32-27(33)17-4-3-9-18-31-29(34)23-13-5-6-14-24(23)30/h5-8,10-16H,3-4,9,17-20H2,1-2H3,(H,31,34). The molecule has 5 nitrogen and oxygen atoms in total. The molecular weight excluding hydrogens is 441 g/mol. The van der Waals surface area contributed by atoms with Gasteiger partial charge < -0.3 is 14.6 Å². The topological polar surface area (TPSA) is 56.1 Å². The van der Waals surface area contributed by atoms with Gasteiger partial charge in [-0.05, 0) is 62.1 Å². The van der Waals surface area contributed by atoms with E-state index in [1.54, 1.807) is 12.1 Å². The molecule has 0 radical (unpaired) electrons. The molecule has 0 unspecified atom stereocenters. The summed E-state index contributed by atoms with van der Waals surface area (Å²) < 4.78 is 22.1. The van der Waals surface area contributed by atoms with Crippen LogP contribution < -0.4 is 10.1 Å². The normalized spacial score (nSPS) is 11.1. The summed E-state index contributed by atoms with van der Waals surface area (Å²) in [5.41, 5.74) is 4.48. The summed E-state index contributed by atoms with van der Waals surface area (Å²) in [7, 11) is 0. The maximum atomic E-state index is 13.7. The van der Waals surface area contributed by atoms with Gasteiger partial charge in [-0.3, -0.25) is 4.79 Å². The highest BCUT2D eigenvalue weighted by Crippen LogP contribution is 2.23. The second kappa shape index (κ2) is 11.6. The Morgan fingerprint density at radius 3 is 2.49 bits per heavy atom. The molecule has 4 aromatic rings. The smallest absolute Gasteiger partial charge is 0.254 e. The third-order valence-electron chi connectivity index (χ3n) is 6.18. The quantitative estimate of drug-likeness (QED) is 0.271. The van der Waals surface area contributed by atoms with Crippen LogP contribution in [0.2, 0.25) is 0 Å². The van der Waals surface area contributed by atoms with Gasteiger partial charge in [-0.15, -0.1) is 0 Å². The molecule has 1 aromatic heterocycles. The first-order valence-corrected chi connectivity index (χ1v) is 12.2. The molecule has 6 heteroatoms. The fourth-order valence-electron chi connectivity index (χ4n) is 4.36. The first kappa shape index (κ1) is 24.5. The van der Waals surface area contributed by atoms with Gasteiger partial charge in [0.15, 0.2) is 0 Å². The zero-order valence-electron chi connectivity index (χ0n) is 20.4. The van der Waals surface area contributed by atoms with Crippen LogP contribution in [0.1, 0.15) is 46.6 Å². The highest BCUT2D eigenvalue weighted by Gasteiger charge is 2.12. The van der Waals surface area contributed by atoms with Crippen molar-refractivity contribution in [3.8, 4) is 5.75 Å². The number of amides is 1. The molecule has 0 bridgehead atoms. The number of hydrogen-bond donors (Lipinski definition) is 1. The predicted molar refractivity (Wildman–Crippen MR) is 137 cm³/mol. The largest absolute Gasteiger partial charge is 0.491 e. The van der Waals surface area contributed by atoms with Gasteiger partial charge in [0.05, 0.1) is 23.1 Å². The number of hydrogen-bond acceptors (Lipinski definition) is 3. The van der Waals surface area contributed by atoms with Crippen LogP contribution in [0.25, 0.3) is 11.0 Å². The minimum Gasteiger partial charge on any atom is -0.491 e. The predicted octanol–water partition coefficient (Wildman–Crippen LogP) is 6.01. The lowest BCUT2D eigenvalue weighted by Crippen LogP contribution is -2.25. The van der Waals surface area contributed by atoms with E-state index in [-0.39, 0.29) is 11.5 Å². The number of nitrogens with zero attached hydrogens (tertiary/aromatic N) is 2. The zero-order valence-corrected chi connectivity index (χ0v) is 20.4. The van der Waals surface area contributed by atoms with Crippen molar-refractivity contribution >= 4 is 16.9 Å². The molecule has 0 aliphatic rings. The molecule has 0 saturated carbocycles. The molecule has 1 amide bonds. The number of imidazole rings is 1. The number of fused-ring (bicyclic) bond motifs is 1. The number of aryl methyl sites for hydroxylation is 3. The van der Waals surface area contributed by atoms with Crippen molar-refractivity contribution in [2.75, 3.05) is 13.2 Å². The number of para-hydroxylation sites is 3. The highest BCUT2D eigenvalue weighted by atomic mass is 19.1. The van der Waals surface area contributed by atoms with Crippen molar-refractivity contribution in [2.45, 2.75) is 46.1 Å². The molecule has 0 fully saturated rings. The second-order valence-electron chi connectivity index (χ2n) is 8.78. The van der Waals surface area contributed by atoms with Crippen molar-refractivity contribution in [3.63, 3.8) is 0 Å². The van der Waals surface area contributed by atoms with Gasteiger partial charge in [-0.2, -0.15) is 0 Å². The number of unbranched alkanes of at least 4 members (excludes halogenated alkanes) is 2. The first-order chi connectivity index (χ1) is 17.0. The molecule has 4 rings (SSSR count). The van der Waals surface area contributed by atoms with Gasteiger partial charge in [0.25, 0.3) is 5.91 Å². The average molecular weight is 474 g/mol. The molecule has 1 N–H and O–H groups in total. The van der Waals surface area contributed by atoms with Gasteiger partial charge in [-0.25, -0.2) is 9.37 Å². The van der Waals surface area contributed by atoms with E-state index in [9.17, 15) is 9.18 Å². The van der Waals surface area contributed by atoms with Gasteiger partial charge in [0, 0.05) is 13.0 Å².